The molecule has 0 amide bonds. The molecule has 0 bridgehead atoms. The number of H-pyrrole nitrogens is 1. The third-order valence-corrected chi connectivity index (χ3v) is 6.44. The monoisotopic (exact) mass is 398 g/mol. The maximum atomic E-state index is 12.5. The van der Waals surface area contributed by atoms with Gasteiger partial charge < -0.3 is 4.57 Å². The Morgan fingerprint density at radius 3 is 2.75 bits per heavy atom. The van der Waals surface area contributed by atoms with Crippen LogP contribution in [0.5, 0.6) is 0 Å². The minimum absolute atomic E-state index is 0.351. The van der Waals surface area contributed by atoms with Crippen LogP contribution in [0.15, 0.2) is 32.7 Å². The van der Waals surface area contributed by atoms with E-state index < -0.39 is 0 Å². The molecule has 0 fully saturated rings. The highest BCUT2D eigenvalue weighted by Gasteiger charge is 2.18. The molecule has 7 heteroatoms. The van der Waals surface area contributed by atoms with E-state index in [1.54, 1.807) is 16.3 Å². The van der Waals surface area contributed by atoms with Gasteiger partial charge in [-0.2, -0.15) is 0 Å². The first-order valence-electron chi connectivity index (χ1n) is 10.1. The minimum atomic E-state index is -0.371. The van der Waals surface area contributed by atoms with E-state index in [9.17, 15) is 9.59 Å². The molecule has 3 aromatic rings. The number of aromatic amines is 1. The van der Waals surface area contributed by atoms with Crippen molar-refractivity contribution in [2.75, 3.05) is 0 Å². The fourth-order valence-electron chi connectivity index (χ4n) is 3.98. The van der Waals surface area contributed by atoms with Crippen molar-refractivity contribution in [2.24, 2.45) is 0 Å². The second-order valence-electron chi connectivity index (χ2n) is 7.28. The first-order valence-corrected chi connectivity index (χ1v) is 11.1. The molecule has 0 radical (unpaired) electrons. The van der Waals surface area contributed by atoms with Crippen LogP contribution < -0.4 is 11.2 Å². The normalized spacial score (nSPS) is 13.4. The summed E-state index contributed by atoms with van der Waals surface area (Å²) in [6.45, 7) is 5.30. The van der Waals surface area contributed by atoms with Crippen LogP contribution in [0.4, 0.5) is 0 Å². The lowest BCUT2D eigenvalue weighted by Gasteiger charge is -2.07. The smallest absolute Gasteiger partial charge is 0.322 e. The number of imidazole rings is 1. The van der Waals surface area contributed by atoms with Crippen LogP contribution in [0.25, 0.3) is 11.2 Å². The van der Waals surface area contributed by atoms with Crippen LogP contribution in [0.1, 0.15) is 50.1 Å². The second-order valence-corrected chi connectivity index (χ2v) is 8.33. The van der Waals surface area contributed by atoms with Gasteiger partial charge in [-0.15, -0.1) is 11.8 Å². The number of hydrogen-bond acceptors (Lipinski definition) is 4. The predicted molar refractivity (Wildman–Crippen MR) is 113 cm³/mol. The molecule has 0 unspecified atom stereocenters. The van der Waals surface area contributed by atoms with Crippen molar-refractivity contribution < 1.29 is 0 Å². The fourth-order valence-corrected chi connectivity index (χ4v) is 4.88. The summed E-state index contributed by atoms with van der Waals surface area (Å²) in [7, 11) is 0. The second kappa shape index (κ2) is 7.99. The molecular weight excluding hydrogens is 372 g/mol. The van der Waals surface area contributed by atoms with Crippen molar-refractivity contribution in [3.8, 4) is 0 Å². The zero-order valence-electron chi connectivity index (χ0n) is 16.5. The van der Waals surface area contributed by atoms with E-state index in [0.717, 1.165) is 25.1 Å². The number of benzene rings is 1. The Morgan fingerprint density at radius 1 is 1.14 bits per heavy atom. The zero-order chi connectivity index (χ0) is 19.7. The third-order valence-electron chi connectivity index (χ3n) is 5.45. The Kier molecular flexibility index (Phi) is 5.44. The zero-order valence-corrected chi connectivity index (χ0v) is 17.3. The molecule has 0 saturated heterocycles. The molecule has 1 aliphatic rings. The molecule has 2 heterocycles. The standard InChI is InChI=1S/C21H26N4O2S/c1-3-5-11-25-19-18(20(26)23-21(25)27)24(4-2)17(22-19)13-28-16-10-9-14-7-6-8-15(14)12-16/h9-10,12H,3-8,11,13H2,1-2H3,(H,23,26,27). The maximum absolute atomic E-state index is 12.5. The summed E-state index contributed by atoms with van der Waals surface area (Å²) in [5.74, 6) is 1.51. The molecule has 1 N–H and O–H groups in total. The number of unbranched alkanes of at least 4 members (excludes halogenated alkanes) is 1. The molecule has 6 nitrogen and oxygen atoms in total. The molecule has 0 saturated carbocycles. The van der Waals surface area contributed by atoms with Gasteiger partial charge in [-0.25, -0.2) is 9.78 Å². The number of rotatable bonds is 7. The third kappa shape index (κ3) is 3.43. The minimum Gasteiger partial charge on any atom is -0.322 e. The largest absolute Gasteiger partial charge is 0.330 e. The summed E-state index contributed by atoms with van der Waals surface area (Å²) in [5, 5.41) is 0. The number of aromatic nitrogens is 4. The van der Waals surface area contributed by atoms with Crippen molar-refractivity contribution >= 4 is 22.9 Å². The highest BCUT2D eigenvalue weighted by Crippen LogP contribution is 2.29. The lowest BCUT2D eigenvalue weighted by Crippen LogP contribution is -2.31. The van der Waals surface area contributed by atoms with Gasteiger partial charge in [-0.05, 0) is 55.9 Å². The number of nitrogens with one attached hydrogen (secondary N) is 1. The van der Waals surface area contributed by atoms with E-state index in [1.165, 1.54) is 28.9 Å². The van der Waals surface area contributed by atoms with Crippen LogP contribution in [-0.2, 0) is 31.7 Å². The van der Waals surface area contributed by atoms with Gasteiger partial charge in [0.05, 0.1) is 5.75 Å². The lowest BCUT2D eigenvalue weighted by molar-refractivity contribution is 0.613. The molecule has 1 aliphatic carbocycles. The molecule has 2 aromatic heterocycles. The van der Waals surface area contributed by atoms with Crippen LogP contribution >= 0.6 is 11.8 Å². The Bertz CT molecular complexity index is 1130. The van der Waals surface area contributed by atoms with Gasteiger partial charge in [0.1, 0.15) is 5.82 Å². The molecule has 0 atom stereocenters. The highest BCUT2D eigenvalue weighted by molar-refractivity contribution is 7.98. The highest BCUT2D eigenvalue weighted by atomic mass is 32.2. The van der Waals surface area contributed by atoms with Gasteiger partial charge >= 0.3 is 5.69 Å². The van der Waals surface area contributed by atoms with Crippen molar-refractivity contribution in [3.63, 3.8) is 0 Å². The molecule has 0 aliphatic heterocycles. The van der Waals surface area contributed by atoms with Gasteiger partial charge in [0.2, 0.25) is 0 Å². The van der Waals surface area contributed by atoms with Crippen LogP contribution in [0.2, 0.25) is 0 Å². The van der Waals surface area contributed by atoms with Gasteiger partial charge in [0.15, 0.2) is 11.2 Å². The number of fused-ring (bicyclic) bond motifs is 2. The van der Waals surface area contributed by atoms with Crippen molar-refractivity contribution in [1.29, 1.82) is 0 Å². The Hall–Kier alpha value is -2.28. The quantitative estimate of drug-likeness (QED) is 0.619. The summed E-state index contributed by atoms with van der Waals surface area (Å²) in [6, 6.07) is 6.70. The van der Waals surface area contributed by atoms with E-state index in [4.69, 9.17) is 4.98 Å². The molecule has 0 spiro atoms. The Labute approximate surface area is 168 Å². The Balaban J connectivity index is 1.69. The molecule has 4 rings (SSSR count). The number of aryl methyl sites for hydroxylation is 4. The van der Waals surface area contributed by atoms with Gasteiger partial charge in [-0.1, -0.05) is 19.4 Å². The Morgan fingerprint density at radius 2 is 1.96 bits per heavy atom. The van der Waals surface area contributed by atoms with E-state index in [2.05, 4.69) is 30.1 Å². The summed E-state index contributed by atoms with van der Waals surface area (Å²) in [5.41, 5.74) is 3.22. The lowest BCUT2D eigenvalue weighted by atomic mass is 10.1. The fraction of sp³-hybridized carbons (Fsp3) is 0.476. The first kappa shape index (κ1) is 19.1. The average Bonchev–Trinajstić information content (AvgIpc) is 3.30. The molecule has 148 valence electrons. The van der Waals surface area contributed by atoms with Crippen LogP contribution in [0.3, 0.4) is 0 Å². The van der Waals surface area contributed by atoms with Gasteiger partial charge in [-0.3, -0.25) is 14.3 Å². The predicted octanol–water partition coefficient (Wildman–Crippen LogP) is 3.49. The molecule has 1 aromatic carbocycles. The first-order chi connectivity index (χ1) is 13.6. The van der Waals surface area contributed by atoms with Crippen LogP contribution in [-0.4, -0.2) is 19.1 Å². The topological polar surface area (TPSA) is 72.7 Å². The van der Waals surface area contributed by atoms with Crippen molar-refractivity contribution in [2.45, 2.75) is 69.7 Å². The van der Waals surface area contributed by atoms with E-state index in [-0.39, 0.29) is 11.2 Å². The SMILES string of the molecule is CCCCn1c(=O)[nH]c(=O)c2c1nc(CSc1ccc3c(c1)CCC3)n2CC. The van der Waals surface area contributed by atoms with Gasteiger partial charge in [0.25, 0.3) is 5.56 Å². The average molecular weight is 399 g/mol. The van der Waals surface area contributed by atoms with E-state index >= 15 is 0 Å². The van der Waals surface area contributed by atoms with Crippen LogP contribution in [0, 0.1) is 0 Å². The van der Waals surface area contributed by atoms with Crippen molar-refractivity contribution in [1.82, 2.24) is 19.1 Å². The summed E-state index contributed by atoms with van der Waals surface area (Å²) in [6.07, 6.45) is 5.44. The number of nitrogens with zero attached hydrogens (tertiary/aromatic N) is 3. The summed E-state index contributed by atoms with van der Waals surface area (Å²) in [4.78, 5) is 33.2. The van der Waals surface area contributed by atoms with Gasteiger partial charge in [0, 0.05) is 18.0 Å². The summed E-state index contributed by atoms with van der Waals surface area (Å²) < 4.78 is 3.55. The van der Waals surface area contributed by atoms with Crippen molar-refractivity contribution in [3.05, 3.63) is 56.0 Å². The van der Waals surface area contributed by atoms with E-state index in [0.29, 0.717) is 30.0 Å². The van der Waals surface area contributed by atoms with E-state index in [1.807, 2.05) is 11.5 Å². The summed E-state index contributed by atoms with van der Waals surface area (Å²) >= 11 is 1.74. The molecular formula is C21H26N4O2S. The molecule has 28 heavy (non-hydrogen) atoms. The maximum Gasteiger partial charge on any atom is 0.330 e. The number of thioether (sulfide) groups is 1. The number of hydrogen-bond donors (Lipinski definition) is 1.